The summed E-state index contributed by atoms with van der Waals surface area (Å²) >= 11 is 6.10. The fraction of sp³-hybridized carbons (Fsp3) is 0.261. The van der Waals surface area contributed by atoms with E-state index in [0.717, 1.165) is 19.3 Å². The molecule has 1 fully saturated rings. The number of benzene rings is 2. The number of likely N-dealkylation sites (tertiary alicyclic amines) is 1. The smallest absolute Gasteiger partial charge is 0.254 e. The van der Waals surface area contributed by atoms with Crippen molar-refractivity contribution >= 4 is 40.0 Å². The summed E-state index contributed by atoms with van der Waals surface area (Å²) in [6, 6.07) is 15.5. The van der Waals surface area contributed by atoms with Gasteiger partial charge in [-0.15, -0.1) is 0 Å². The summed E-state index contributed by atoms with van der Waals surface area (Å²) in [5, 5.41) is 3.82. The molecule has 3 aromatic rings. The highest BCUT2D eigenvalue weighted by Crippen LogP contribution is 2.22. The number of halogens is 1. The molecule has 0 spiro atoms. The van der Waals surface area contributed by atoms with Crippen LogP contribution in [0.4, 0.5) is 5.69 Å². The number of para-hydroxylation sites is 2. The Bertz CT molecular complexity index is 1170. The number of nitrogens with zero attached hydrogens (tertiary/aromatic N) is 2. The third kappa shape index (κ3) is 4.09. The summed E-state index contributed by atoms with van der Waals surface area (Å²) in [6.07, 6.45) is 3.07. The Morgan fingerprint density at radius 2 is 1.67 bits per heavy atom. The standard InChI is InChI=1S/C23H22ClN3O3/c24-18-9-3-4-10-19(18)25-21(28)15-27-20-11-5-2-8-16(20)17(14-22(27)29)23(30)26-12-6-1-7-13-26/h2-5,8-11,14H,1,6-7,12-13,15H2,(H,25,28). The number of piperidine rings is 1. The summed E-state index contributed by atoms with van der Waals surface area (Å²) in [6.45, 7) is 1.23. The maximum absolute atomic E-state index is 13.1. The van der Waals surface area contributed by atoms with Crippen LogP contribution in [0.15, 0.2) is 59.4 Å². The van der Waals surface area contributed by atoms with E-state index in [-0.39, 0.29) is 23.9 Å². The molecule has 2 amide bonds. The van der Waals surface area contributed by atoms with Crippen LogP contribution in [0.2, 0.25) is 5.02 Å². The topological polar surface area (TPSA) is 71.4 Å². The molecule has 0 bridgehead atoms. The minimum absolute atomic E-state index is 0.129. The van der Waals surface area contributed by atoms with E-state index in [4.69, 9.17) is 11.6 Å². The van der Waals surface area contributed by atoms with Crippen LogP contribution in [0.3, 0.4) is 0 Å². The van der Waals surface area contributed by atoms with Gasteiger partial charge in [-0.05, 0) is 37.5 Å². The summed E-state index contributed by atoms with van der Waals surface area (Å²) in [4.78, 5) is 40.3. The molecule has 7 heteroatoms. The molecule has 0 unspecified atom stereocenters. The Kier molecular flexibility index (Phi) is 5.86. The van der Waals surface area contributed by atoms with Gasteiger partial charge >= 0.3 is 0 Å². The second-order valence-electron chi connectivity index (χ2n) is 7.38. The fourth-order valence-electron chi connectivity index (χ4n) is 3.84. The van der Waals surface area contributed by atoms with Crippen LogP contribution in [0.25, 0.3) is 10.9 Å². The van der Waals surface area contributed by atoms with E-state index in [9.17, 15) is 14.4 Å². The van der Waals surface area contributed by atoms with Crippen molar-refractivity contribution < 1.29 is 9.59 Å². The molecule has 154 valence electrons. The first kappa shape index (κ1) is 20.2. The molecule has 0 radical (unpaired) electrons. The van der Waals surface area contributed by atoms with Gasteiger partial charge in [-0.2, -0.15) is 0 Å². The van der Waals surface area contributed by atoms with Gasteiger partial charge in [-0.25, -0.2) is 0 Å². The fourth-order valence-corrected chi connectivity index (χ4v) is 4.02. The van der Waals surface area contributed by atoms with Crippen molar-refractivity contribution in [3.05, 3.63) is 75.5 Å². The van der Waals surface area contributed by atoms with Crippen LogP contribution in [-0.2, 0) is 11.3 Å². The van der Waals surface area contributed by atoms with Gasteiger partial charge in [-0.1, -0.05) is 41.9 Å². The minimum Gasteiger partial charge on any atom is -0.339 e. The highest BCUT2D eigenvalue weighted by Gasteiger charge is 2.22. The number of aromatic nitrogens is 1. The van der Waals surface area contributed by atoms with E-state index in [1.54, 1.807) is 41.3 Å². The van der Waals surface area contributed by atoms with Crippen LogP contribution in [-0.4, -0.2) is 34.4 Å². The molecule has 1 aliphatic rings. The van der Waals surface area contributed by atoms with Crippen molar-refractivity contribution in [3.8, 4) is 0 Å². The van der Waals surface area contributed by atoms with Gasteiger partial charge in [0.05, 0.1) is 21.8 Å². The van der Waals surface area contributed by atoms with Gasteiger partial charge in [0, 0.05) is 24.5 Å². The molecule has 1 saturated heterocycles. The third-order valence-electron chi connectivity index (χ3n) is 5.34. The number of anilines is 1. The lowest BCUT2D eigenvalue weighted by molar-refractivity contribution is -0.116. The van der Waals surface area contributed by atoms with E-state index in [0.29, 0.717) is 40.3 Å². The number of carbonyl (C=O) groups is 2. The molecule has 4 rings (SSSR count). The van der Waals surface area contributed by atoms with E-state index in [1.807, 2.05) is 12.1 Å². The minimum atomic E-state index is -0.386. The number of pyridine rings is 1. The number of hydrogen-bond donors (Lipinski definition) is 1. The molecular formula is C23H22ClN3O3. The van der Waals surface area contributed by atoms with Crippen LogP contribution in [0.1, 0.15) is 29.6 Å². The number of carbonyl (C=O) groups excluding carboxylic acids is 2. The molecule has 1 aromatic heterocycles. The quantitative estimate of drug-likeness (QED) is 0.691. The molecular weight excluding hydrogens is 402 g/mol. The van der Waals surface area contributed by atoms with Gasteiger partial charge in [0.15, 0.2) is 0 Å². The first-order chi connectivity index (χ1) is 14.5. The lowest BCUT2D eigenvalue weighted by Gasteiger charge is -2.27. The summed E-state index contributed by atoms with van der Waals surface area (Å²) in [5.41, 5.74) is 1.04. The second kappa shape index (κ2) is 8.71. The van der Waals surface area contributed by atoms with E-state index in [1.165, 1.54) is 10.6 Å². The molecule has 2 heterocycles. The zero-order valence-corrected chi connectivity index (χ0v) is 17.2. The van der Waals surface area contributed by atoms with Gasteiger partial charge in [0.25, 0.3) is 11.5 Å². The SMILES string of the molecule is O=C(Cn1c(=O)cc(C(=O)N2CCCCC2)c2ccccc21)Nc1ccccc1Cl. The largest absolute Gasteiger partial charge is 0.339 e. The monoisotopic (exact) mass is 423 g/mol. The molecule has 6 nitrogen and oxygen atoms in total. The zero-order valence-electron chi connectivity index (χ0n) is 16.4. The van der Waals surface area contributed by atoms with Crippen LogP contribution < -0.4 is 10.9 Å². The maximum atomic E-state index is 13.1. The van der Waals surface area contributed by atoms with E-state index in [2.05, 4.69) is 5.32 Å². The van der Waals surface area contributed by atoms with Crippen molar-refractivity contribution in [3.63, 3.8) is 0 Å². The number of nitrogens with one attached hydrogen (secondary N) is 1. The molecule has 1 N–H and O–H groups in total. The maximum Gasteiger partial charge on any atom is 0.254 e. The van der Waals surface area contributed by atoms with Crippen molar-refractivity contribution in [1.82, 2.24) is 9.47 Å². The van der Waals surface area contributed by atoms with Crippen LogP contribution in [0.5, 0.6) is 0 Å². The normalized spacial score (nSPS) is 14.0. The van der Waals surface area contributed by atoms with Crippen molar-refractivity contribution in [2.75, 3.05) is 18.4 Å². The predicted molar refractivity (Wildman–Crippen MR) is 118 cm³/mol. The highest BCUT2D eigenvalue weighted by molar-refractivity contribution is 6.33. The first-order valence-electron chi connectivity index (χ1n) is 10.0. The second-order valence-corrected chi connectivity index (χ2v) is 7.79. The van der Waals surface area contributed by atoms with Gasteiger partial charge in [-0.3, -0.25) is 19.0 Å². The van der Waals surface area contributed by atoms with Crippen LogP contribution in [0, 0.1) is 0 Å². The Hall–Kier alpha value is -3.12. The lowest BCUT2D eigenvalue weighted by Crippen LogP contribution is -2.37. The van der Waals surface area contributed by atoms with Gasteiger partial charge in [0.2, 0.25) is 5.91 Å². The van der Waals surface area contributed by atoms with Gasteiger partial charge < -0.3 is 10.2 Å². The molecule has 0 saturated carbocycles. The number of hydrogen-bond acceptors (Lipinski definition) is 3. The lowest BCUT2D eigenvalue weighted by atomic mass is 10.0. The number of amides is 2. The zero-order chi connectivity index (χ0) is 21.1. The van der Waals surface area contributed by atoms with E-state index < -0.39 is 0 Å². The number of fused-ring (bicyclic) bond motifs is 1. The third-order valence-corrected chi connectivity index (χ3v) is 5.67. The molecule has 30 heavy (non-hydrogen) atoms. The van der Waals surface area contributed by atoms with E-state index >= 15 is 0 Å². The van der Waals surface area contributed by atoms with Gasteiger partial charge in [0.1, 0.15) is 6.54 Å². The Morgan fingerprint density at radius 1 is 0.967 bits per heavy atom. The first-order valence-corrected chi connectivity index (χ1v) is 10.4. The number of rotatable bonds is 4. The Labute approximate surface area is 179 Å². The Balaban J connectivity index is 1.67. The molecule has 0 atom stereocenters. The molecule has 0 aliphatic carbocycles. The van der Waals surface area contributed by atoms with Crippen LogP contribution >= 0.6 is 11.6 Å². The van der Waals surface area contributed by atoms with Crippen molar-refractivity contribution in [1.29, 1.82) is 0 Å². The summed E-state index contributed by atoms with van der Waals surface area (Å²) < 4.78 is 1.38. The highest BCUT2D eigenvalue weighted by atomic mass is 35.5. The summed E-state index contributed by atoms with van der Waals surface area (Å²) in [5.74, 6) is -0.499. The Morgan fingerprint density at radius 3 is 2.43 bits per heavy atom. The average Bonchev–Trinajstić information content (AvgIpc) is 2.77. The molecule has 2 aromatic carbocycles. The summed E-state index contributed by atoms with van der Waals surface area (Å²) in [7, 11) is 0. The van der Waals surface area contributed by atoms with Crippen molar-refractivity contribution in [2.24, 2.45) is 0 Å². The predicted octanol–water partition coefficient (Wildman–Crippen LogP) is 3.92. The average molecular weight is 424 g/mol. The van der Waals surface area contributed by atoms with Crippen molar-refractivity contribution in [2.45, 2.75) is 25.8 Å². The molecule has 1 aliphatic heterocycles.